The van der Waals surface area contributed by atoms with Crippen molar-refractivity contribution in [3.8, 4) is 11.5 Å². The van der Waals surface area contributed by atoms with Crippen molar-refractivity contribution >= 4 is 43.5 Å². The van der Waals surface area contributed by atoms with E-state index < -0.39 is 0 Å². The smallest absolute Gasteiger partial charge is 0.123 e. The third kappa shape index (κ3) is 5.89. The minimum atomic E-state index is 0.337. The zero-order valence-corrected chi connectivity index (χ0v) is 15.8. The average Bonchev–Trinajstić information content (AvgIpc) is 2.47. The number of phenolic OH excluding ortho intramolecular Hbond substituents is 1. The lowest BCUT2D eigenvalue weighted by Crippen LogP contribution is -1.99. The molecule has 0 fully saturated rings. The molecule has 0 unspecified atom stereocenters. The van der Waals surface area contributed by atoms with E-state index in [2.05, 4.69) is 31.9 Å². The highest BCUT2D eigenvalue weighted by Crippen LogP contribution is 2.25. The third-order valence-corrected chi connectivity index (χ3v) is 4.66. The molecule has 0 saturated heterocycles. The minimum Gasteiger partial charge on any atom is -0.508 e. The summed E-state index contributed by atoms with van der Waals surface area (Å²) in [6, 6.07) is 11.2. The first kappa shape index (κ1) is 18.3. The Kier molecular flexibility index (Phi) is 8.15. The molecule has 0 amide bonds. The highest BCUT2D eigenvalue weighted by molar-refractivity contribution is 9.10. The second-order valence-corrected chi connectivity index (χ2v) is 6.37. The van der Waals surface area contributed by atoms with Crippen LogP contribution in [0.3, 0.4) is 0 Å². The van der Waals surface area contributed by atoms with Crippen molar-refractivity contribution in [3.63, 3.8) is 0 Å². The highest BCUT2D eigenvalue weighted by atomic mass is 79.9. The fourth-order valence-corrected chi connectivity index (χ4v) is 2.27. The van der Waals surface area contributed by atoms with Crippen LogP contribution in [0.15, 0.2) is 45.3 Å². The molecular formula is C16H17Br2ClO2. The molecule has 2 nitrogen and oxygen atoms in total. The summed E-state index contributed by atoms with van der Waals surface area (Å²) >= 11 is 12.2. The van der Waals surface area contributed by atoms with Gasteiger partial charge in [0.2, 0.25) is 0 Å². The second kappa shape index (κ2) is 9.34. The molecule has 5 heteroatoms. The molecule has 2 rings (SSSR count). The van der Waals surface area contributed by atoms with Crippen molar-refractivity contribution in [1.29, 1.82) is 0 Å². The normalized spacial score (nSPS) is 9.76. The first-order chi connectivity index (χ1) is 9.97. The number of hydrogen-bond acceptors (Lipinski definition) is 2. The number of ether oxygens (including phenoxy) is 1. The van der Waals surface area contributed by atoms with Crippen molar-refractivity contribution in [2.45, 2.75) is 13.8 Å². The first-order valence-electron chi connectivity index (χ1n) is 6.35. The van der Waals surface area contributed by atoms with Crippen LogP contribution in [-0.4, -0.2) is 17.6 Å². The SMILES string of the molecule is Cc1c(Br)cccc1OCCCl.Cc1c(O)cccc1Br. The van der Waals surface area contributed by atoms with Crippen LogP contribution in [0.25, 0.3) is 0 Å². The molecule has 21 heavy (non-hydrogen) atoms. The Balaban J connectivity index is 0.000000219. The number of hydrogen-bond donors (Lipinski definition) is 1. The van der Waals surface area contributed by atoms with Gasteiger partial charge in [0.25, 0.3) is 0 Å². The summed E-state index contributed by atoms with van der Waals surface area (Å²) in [6.45, 7) is 4.42. The summed E-state index contributed by atoms with van der Waals surface area (Å²) in [4.78, 5) is 0. The van der Waals surface area contributed by atoms with E-state index in [0.717, 1.165) is 25.8 Å². The van der Waals surface area contributed by atoms with Crippen molar-refractivity contribution in [2.75, 3.05) is 12.5 Å². The van der Waals surface area contributed by atoms with Gasteiger partial charge in [-0.3, -0.25) is 0 Å². The zero-order valence-electron chi connectivity index (χ0n) is 11.9. The lowest BCUT2D eigenvalue weighted by molar-refractivity contribution is 0.340. The van der Waals surface area contributed by atoms with Gasteiger partial charge in [0.1, 0.15) is 18.1 Å². The number of benzene rings is 2. The van der Waals surface area contributed by atoms with E-state index in [0.29, 0.717) is 18.2 Å². The maximum Gasteiger partial charge on any atom is 0.123 e. The maximum absolute atomic E-state index is 9.07. The van der Waals surface area contributed by atoms with Crippen LogP contribution in [0, 0.1) is 13.8 Å². The zero-order chi connectivity index (χ0) is 15.8. The highest BCUT2D eigenvalue weighted by Gasteiger charge is 2.01. The van der Waals surface area contributed by atoms with Crippen LogP contribution >= 0.6 is 43.5 Å². The third-order valence-electron chi connectivity index (χ3n) is 2.79. The molecule has 0 atom stereocenters. The molecule has 0 aliphatic carbocycles. The molecule has 2 aromatic rings. The predicted octanol–water partition coefficient (Wildman–Crippen LogP) is 5.84. The quantitative estimate of drug-likeness (QED) is 0.613. The van der Waals surface area contributed by atoms with Gasteiger partial charge in [0.15, 0.2) is 0 Å². The van der Waals surface area contributed by atoms with E-state index in [4.69, 9.17) is 21.4 Å². The Morgan fingerprint density at radius 2 is 1.57 bits per heavy atom. The molecule has 0 aliphatic heterocycles. The standard InChI is InChI=1S/C9H10BrClO.C7H7BrO/c1-7-8(10)3-2-4-9(7)12-6-5-11;1-5-6(8)3-2-4-7(5)9/h2-4H,5-6H2,1H3;2-4,9H,1H3. The number of rotatable bonds is 3. The topological polar surface area (TPSA) is 29.5 Å². The molecular weight excluding hydrogens is 419 g/mol. The molecule has 0 bridgehead atoms. The fraction of sp³-hybridized carbons (Fsp3) is 0.250. The molecule has 0 radical (unpaired) electrons. The Hall–Kier alpha value is -0.710. The summed E-state index contributed by atoms with van der Waals surface area (Å²) in [5, 5.41) is 9.07. The Bertz CT molecular complexity index is 568. The van der Waals surface area contributed by atoms with E-state index in [-0.39, 0.29) is 0 Å². The molecule has 0 aliphatic rings. The summed E-state index contributed by atoms with van der Waals surface area (Å²) < 4.78 is 7.42. The Morgan fingerprint density at radius 1 is 1.00 bits per heavy atom. The minimum absolute atomic E-state index is 0.337. The number of halogens is 3. The van der Waals surface area contributed by atoms with Crippen molar-refractivity contribution in [1.82, 2.24) is 0 Å². The molecule has 114 valence electrons. The van der Waals surface area contributed by atoms with Gasteiger partial charge < -0.3 is 9.84 Å². The van der Waals surface area contributed by atoms with Crippen LogP contribution in [0.4, 0.5) is 0 Å². The van der Waals surface area contributed by atoms with Crippen LogP contribution in [0.1, 0.15) is 11.1 Å². The van der Waals surface area contributed by atoms with Gasteiger partial charge in [-0.05, 0) is 38.1 Å². The van der Waals surface area contributed by atoms with Crippen molar-refractivity contribution in [3.05, 3.63) is 56.5 Å². The molecule has 0 saturated carbocycles. The summed E-state index contributed by atoms with van der Waals surface area (Å²) in [6.07, 6.45) is 0. The first-order valence-corrected chi connectivity index (χ1v) is 8.47. The average molecular weight is 437 g/mol. The van der Waals surface area contributed by atoms with E-state index in [1.807, 2.05) is 38.1 Å². The van der Waals surface area contributed by atoms with E-state index in [1.165, 1.54) is 0 Å². The molecule has 1 N–H and O–H groups in total. The largest absolute Gasteiger partial charge is 0.508 e. The van der Waals surface area contributed by atoms with Gasteiger partial charge in [0, 0.05) is 20.1 Å². The van der Waals surface area contributed by atoms with Crippen LogP contribution in [0.5, 0.6) is 11.5 Å². The second-order valence-electron chi connectivity index (χ2n) is 4.28. The van der Waals surface area contributed by atoms with E-state index in [1.54, 1.807) is 12.1 Å². The Morgan fingerprint density at radius 3 is 2.10 bits per heavy atom. The molecule has 2 aromatic carbocycles. The van der Waals surface area contributed by atoms with Crippen LogP contribution in [0.2, 0.25) is 0 Å². The lowest BCUT2D eigenvalue weighted by atomic mass is 10.2. The van der Waals surface area contributed by atoms with Gasteiger partial charge in [0.05, 0.1) is 5.88 Å². The molecule has 0 spiro atoms. The summed E-state index contributed by atoms with van der Waals surface area (Å²) in [5.41, 5.74) is 2.00. The van der Waals surface area contributed by atoms with Gasteiger partial charge in [-0.1, -0.05) is 44.0 Å². The van der Waals surface area contributed by atoms with Gasteiger partial charge in [-0.25, -0.2) is 0 Å². The van der Waals surface area contributed by atoms with Crippen LogP contribution in [-0.2, 0) is 0 Å². The molecule has 0 aromatic heterocycles. The summed E-state index contributed by atoms with van der Waals surface area (Å²) in [5.74, 6) is 1.75. The van der Waals surface area contributed by atoms with Gasteiger partial charge in [-0.15, -0.1) is 11.6 Å². The van der Waals surface area contributed by atoms with Gasteiger partial charge in [-0.2, -0.15) is 0 Å². The van der Waals surface area contributed by atoms with Crippen molar-refractivity contribution in [2.24, 2.45) is 0 Å². The van der Waals surface area contributed by atoms with Gasteiger partial charge >= 0.3 is 0 Å². The lowest BCUT2D eigenvalue weighted by Gasteiger charge is -2.07. The predicted molar refractivity (Wildman–Crippen MR) is 95.6 cm³/mol. The number of aromatic hydroxyl groups is 1. The Labute approximate surface area is 147 Å². The van der Waals surface area contributed by atoms with Crippen molar-refractivity contribution < 1.29 is 9.84 Å². The number of alkyl halides is 1. The van der Waals surface area contributed by atoms with E-state index in [9.17, 15) is 0 Å². The van der Waals surface area contributed by atoms with E-state index >= 15 is 0 Å². The number of phenols is 1. The monoisotopic (exact) mass is 434 g/mol. The maximum atomic E-state index is 9.07. The fourth-order valence-electron chi connectivity index (χ4n) is 1.49. The molecule has 0 heterocycles. The van der Waals surface area contributed by atoms with Crippen LogP contribution < -0.4 is 4.74 Å². The summed E-state index contributed by atoms with van der Waals surface area (Å²) in [7, 11) is 0.